The van der Waals surface area contributed by atoms with Crippen LogP contribution >= 0.6 is 0 Å². The molecule has 0 saturated heterocycles. The molecule has 0 unspecified atom stereocenters. The quantitative estimate of drug-likeness (QED) is 0.765. The third kappa shape index (κ3) is 1.95. The summed E-state index contributed by atoms with van der Waals surface area (Å²) in [4.78, 5) is 15.9. The Morgan fingerprint density at radius 2 is 2.12 bits per heavy atom. The van der Waals surface area contributed by atoms with E-state index in [0.29, 0.717) is 5.75 Å². The lowest BCUT2D eigenvalue weighted by molar-refractivity contribution is 0.413. The van der Waals surface area contributed by atoms with Crippen LogP contribution < -0.4 is 10.3 Å². The predicted molar refractivity (Wildman–Crippen MR) is 61.1 cm³/mol. The molecule has 0 aliphatic rings. The maximum Gasteiger partial charge on any atom is 0.258 e. The molecule has 0 fully saturated rings. The Kier molecular flexibility index (Phi) is 2.72. The molecule has 0 atom stereocenters. The molecule has 0 bridgehead atoms. The number of ether oxygens (including phenoxy) is 1. The summed E-state index contributed by atoms with van der Waals surface area (Å²) in [5, 5.41) is 0. The topological polar surface area (TPSA) is 44.1 Å². The van der Waals surface area contributed by atoms with Gasteiger partial charge in [0.2, 0.25) is 0 Å². The van der Waals surface area contributed by atoms with Crippen LogP contribution in [-0.4, -0.2) is 16.7 Å². The van der Waals surface area contributed by atoms with Crippen LogP contribution in [0.1, 0.15) is 5.69 Å². The monoisotopic (exact) mass is 216 g/mol. The Morgan fingerprint density at radius 3 is 2.69 bits per heavy atom. The summed E-state index contributed by atoms with van der Waals surface area (Å²) in [6, 6.07) is 6.91. The lowest BCUT2D eigenvalue weighted by Crippen LogP contribution is -2.16. The SMILES string of the molecule is COc1ccn(-c2ccc(C)nc2)c(=O)c1. The van der Waals surface area contributed by atoms with Gasteiger partial charge in [0.1, 0.15) is 5.75 Å². The number of methoxy groups -OCH3 is 1. The van der Waals surface area contributed by atoms with Crippen molar-refractivity contribution in [1.82, 2.24) is 9.55 Å². The van der Waals surface area contributed by atoms with Gasteiger partial charge in [0.05, 0.1) is 19.0 Å². The Morgan fingerprint density at radius 1 is 1.31 bits per heavy atom. The minimum Gasteiger partial charge on any atom is -0.497 e. The van der Waals surface area contributed by atoms with E-state index in [2.05, 4.69) is 4.98 Å². The molecule has 0 aromatic carbocycles. The molecule has 0 aliphatic carbocycles. The fraction of sp³-hybridized carbons (Fsp3) is 0.167. The lowest BCUT2D eigenvalue weighted by Gasteiger charge is -2.06. The van der Waals surface area contributed by atoms with Crippen LogP contribution in [0.15, 0.2) is 41.5 Å². The Labute approximate surface area is 93.1 Å². The van der Waals surface area contributed by atoms with E-state index in [4.69, 9.17) is 4.74 Å². The highest BCUT2D eigenvalue weighted by molar-refractivity contribution is 5.32. The van der Waals surface area contributed by atoms with Crippen molar-refractivity contribution in [3.8, 4) is 11.4 Å². The maximum absolute atomic E-state index is 11.7. The van der Waals surface area contributed by atoms with E-state index < -0.39 is 0 Å². The first-order valence-electron chi connectivity index (χ1n) is 4.90. The van der Waals surface area contributed by atoms with Crippen LogP contribution in [0.3, 0.4) is 0 Å². The number of hydrogen-bond acceptors (Lipinski definition) is 3. The van der Waals surface area contributed by atoms with Crippen LogP contribution in [0.5, 0.6) is 5.75 Å². The highest BCUT2D eigenvalue weighted by Gasteiger charge is 2.01. The van der Waals surface area contributed by atoms with Gasteiger partial charge in [-0.05, 0) is 25.1 Å². The van der Waals surface area contributed by atoms with Crippen molar-refractivity contribution in [2.75, 3.05) is 7.11 Å². The fourth-order valence-electron chi connectivity index (χ4n) is 1.40. The minimum atomic E-state index is -0.134. The van der Waals surface area contributed by atoms with Crippen molar-refractivity contribution in [2.45, 2.75) is 6.92 Å². The zero-order chi connectivity index (χ0) is 11.5. The lowest BCUT2D eigenvalue weighted by atomic mass is 10.3. The number of pyridine rings is 2. The molecule has 0 aliphatic heterocycles. The first-order chi connectivity index (χ1) is 7.70. The first-order valence-corrected chi connectivity index (χ1v) is 4.90. The zero-order valence-electron chi connectivity index (χ0n) is 9.18. The third-order valence-corrected chi connectivity index (χ3v) is 2.30. The second-order valence-electron chi connectivity index (χ2n) is 3.43. The van der Waals surface area contributed by atoms with Gasteiger partial charge in [-0.15, -0.1) is 0 Å². The molecule has 0 N–H and O–H groups in total. The van der Waals surface area contributed by atoms with Crippen molar-refractivity contribution in [3.63, 3.8) is 0 Å². The van der Waals surface area contributed by atoms with E-state index in [1.54, 1.807) is 18.5 Å². The summed E-state index contributed by atoms with van der Waals surface area (Å²) in [6.45, 7) is 1.90. The molecule has 82 valence electrons. The smallest absolute Gasteiger partial charge is 0.258 e. The summed E-state index contributed by atoms with van der Waals surface area (Å²) in [6.07, 6.45) is 3.34. The summed E-state index contributed by atoms with van der Waals surface area (Å²) in [5.41, 5.74) is 1.54. The van der Waals surface area contributed by atoms with E-state index in [0.717, 1.165) is 11.4 Å². The van der Waals surface area contributed by atoms with Gasteiger partial charge in [0.25, 0.3) is 5.56 Å². The molecule has 2 heterocycles. The Balaban J connectivity index is 2.48. The molecule has 2 aromatic rings. The van der Waals surface area contributed by atoms with E-state index in [1.807, 2.05) is 19.1 Å². The molecule has 16 heavy (non-hydrogen) atoms. The van der Waals surface area contributed by atoms with Crippen molar-refractivity contribution in [1.29, 1.82) is 0 Å². The zero-order valence-corrected chi connectivity index (χ0v) is 9.18. The standard InChI is InChI=1S/C12H12N2O2/c1-9-3-4-10(8-13-9)14-6-5-11(16-2)7-12(14)15/h3-8H,1-2H3. The van der Waals surface area contributed by atoms with Gasteiger partial charge in [0.15, 0.2) is 0 Å². The van der Waals surface area contributed by atoms with Crippen molar-refractivity contribution in [2.24, 2.45) is 0 Å². The Hall–Kier alpha value is -2.10. The normalized spacial score (nSPS) is 10.1. The highest BCUT2D eigenvalue weighted by atomic mass is 16.5. The Bertz CT molecular complexity index is 544. The van der Waals surface area contributed by atoms with Gasteiger partial charge in [-0.25, -0.2) is 0 Å². The van der Waals surface area contributed by atoms with Crippen LogP contribution in [0.2, 0.25) is 0 Å². The summed E-state index contributed by atoms with van der Waals surface area (Å²) >= 11 is 0. The van der Waals surface area contributed by atoms with Gasteiger partial charge in [-0.1, -0.05) is 0 Å². The molecule has 4 nitrogen and oxygen atoms in total. The molecular formula is C12H12N2O2. The number of aromatic nitrogens is 2. The molecular weight excluding hydrogens is 204 g/mol. The number of aryl methyl sites for hydroxylation is 1. The second kappa shape index (κ2) is 4.18. The van der Waals surface area contributed by atoms with Crippen LogP contribution in [0, 0.1) is 6.92 Å². The third-order valence-electron chi connectivity index (χ3n) is 2.30. The second-order valence-corrected chi connectivity index (χ2v) is 3.43. The average Bonchev–Trinajstić information content (AvgIpc) is 2.30. The molecule has 0 spiro atoms. The van der Waals surface area contributed by atoms with Gasteiger partial charge >= 0.3 is 0 Å². The molecule has 2 rings (SSSR count). The van der Waals surface area contributed by atoms with Crippen LogP contribution in [0.4, 0.5) is 0 Å². The van der Waals surface area contributed by atoms with Crippen molar-refractivity contribution in [3.05, 3.63) is 52.7 Å². The van der Waals surface area contributed by atoms with Crippen molar-refractivity contribution >= 4 is 0 Å². The maximum atomic E-state index is 11.7. The highest BCUT2D eigenvalue weighted by Crippen LogP contribution is 2.08. The first kappa shape index (κ1) is 10.4. The summed E-state index contributed by atoms with van der Waals surface area (Å²) in [7, 11) is 1.53. The molecule has 0 saturated carbocycles. The number of rotatable bonds is 2. The number of nitrogens with zero attached hydrogens (tertiary/aromatic N) is 2. The van der Waals surface area contributed by atoms with E-state index in [9.17, 15) is 4.79 Å². The minimum absolute atomic E-state index is 0.134. The van der Waals surface area contributed by atoms with Crippen molar-refractivity contribution < 1.29 is 4.74 Å². The molecule has 4 heteroatoms. The average molecular weight is 216 g/mol. The van der Waals surface area contributed by atoms with E-state index in [1.165, 1.54) is 17.7 Å². The van der Waals surface area contributed by atoms with Gasteiger partial charge < -0.3 is 4.74 Å². The summed E-state index contributed by atoms with van der Waals surface area (Å²) in [5.74, 6) is 0.557. The largest absolute Gasteiger partial charge is 0.497 e. The van der Waals surface area contributed by atoms with Gasteiger partial charge in [-0.3, -0.25) is 14.3 Å². The molecule has 0 radical (unpaired) electrons. The molecule has 0 amide bonds. The van der Waals surface area contributed by atoms with Crippen LogP contribution in [0.25, 0.3) is 5.69 Å². The molecule has 2 aromatic heterocycles. The van der Waals surface area contributed by atoms with E-state index in [-0.39, 0.29) is 5.56 Å². The predicted octanol–water partition coefficient (Wildman–Crippen LogP) is 1.55. The van der Waals surface area contributed by atoms with Gasteiger partial charge in [-0.2, -0.15) is 0 Å². The fourth-order valence-corrected chi connectivity index (χ4v) is 1.40. The van der Waals surface area contributed by atoms with Crippen LogP contribution in [-0.2, 0) is 0 Å². The number of hydrogen-bond donors (Lipinski definition) is 0. The van der Waals surface area contributed by atoms with E-state index >= 15 is 0 Å². The summed E-state index contributed by atoms with van der Waals surface area (Å²) < 4.78 is 6.50. The van der Waals surface area contributed by atoms with Gasteiger partial charge in [0, 0.05) is 18.0 Å².